The molecule has 4 nitrogen and oxygen atoms in total. The summed E-state index contributed by atoms with van der Waals surface area (Å²) in [4.78, 5) is 12.4. The molecule has 3 fully saturated rings. The van der Waals surface area contributed by atoms with Crippen molar-refractivity contribution in [3.8, 4) is 0 Å². The first kappa shape index (κ1) is 19.2. The highest BCUT2D eigenvalue weighted by Gasteiger charge is 2.61. The topological polar surface area (TPSA) is 61.4 Å². The van der Waals surface area contributed by atoms with Crippen LogP contribution in [0, 0.1) is 16.7 Å². The molecule has 0 radical (unpaired) electrons. The Morgan fingerprint density at radius 1 is 1.16 bits per heavy atom. The predicted octanol–water partition coefficient (Wildman–Crippen LogP) is 3.38. The van der Waals surface area contributed by atoms with E-state index in [0.29, 0.717) is 30.5 Å². The van der Waals surface area contributed by atoms with Gasteiger partial charge in [-0.2, -0.15) is 0 Å². The molecule has 3 rings (SSSR count). The molecular weight excluding hydrogens is 312 g/mol. The molecule has 0 aromatic carbocycles. The standard InChI is InChI=1S/C21H38N2O2/c1-14(2)22-17-13-19(3,4)16-12-20(5,25)10-11-21(16,17)9-8-18(24)23-15-6-7-15/h14-17,22,25H,6-13H2,1-5H3,(H,23,24). The quantitative estimate of drug-likeness (QED) is 0.688. The molecule has 25 heavy (non-hydrogen) atoms. The van der Waals surface area contributed by atoms with Crippen molar-refractivity contribution in [2.24, 2.45) is 16.7 Å². The van der Waals surface area contributed by atoms with Crippen molar-refractivity contribution in [1.82, 2.24) is 10.6 Å². The van der Waals surface area contributed by atoms with Crippen LogP contribution in [0.15, 0.2) is 0 Å². The second kappa shape index (κ2) is 6.53. The van der Waals surface area contributed by atoms with E-state index >= 15 is 0 Å². The first-order valence-corrected chi connectivity index (χ1v) is 10.3. The molecule has 0 aromatic heterocycles. The van der Waals surface area contributed by atoms with Gasteiger partial charge in [-0.3, -0.25) is 4.79 Å². The van der Waals surface area contributed by atoms with Crippen LogP contribution in [-0.2, 0) is 4.79 Å². The average molecular weight is 351 g/mol. The molecule has 0 aliphatic heterocycles. The minimum absolute atomic E-state index is 0.136. The van der Waals surface area contributed by atoms with Gasteiger partial charge in [0.05, 0.1) is 5.60 Å². The van der Waals surface area contributed by atoms with Gasteiger partial charge in [-0.25, -0.2) is 0 Å². The maximum atomic E-state index is 12.4. The number of fused-ring (bicyclic) bond motifs is 1. The Hall–Kier alpha value is -0.610. The summed E-state index contributed by atoms with van der Waals surface area (Å²) >= 11 is 0. The summed E-state index contributed by atoms with van der Waals surface area (Å²) in [7, 11) is 0. The van der Waals surface area contributed by atoms with E-state index in [-0.39, 0.29) is 16.7 Å². The summed E-state index contributed by atoms with van der Waals surface area (Å²) < 4.78 is 0. The van der Waals surface area contributed by atoms with Crippen molar-refractivity contribution in [3.63, 3.8) is 0 Å². The molecule has 3 N–H and O–H groups in total. The highest BCUT2D eigenvalue weighted by molar-refractivity contribution is 5.76. The maximum Gasteiger partial charge on any atom is 0.220 e. The molecule has 3 aliphatic carbocycles. The van der Waals surface area contributed by atoms with Crippen LogP contribution >= 0.6 is 0 Å². The van der Waals surface area contributed by atoms with Crippen molar-refractivity contribution < 1.29 is 9.90 Å². The van der Waals surface area contributed by atoms with E-state index in [1.807, 2.05) is 6.92 Å². The number of amides is 1. The summed E-state index contributed by atoms with van der Waals surface area (Å²) in [6.07, 6.45) is 7.73. The van der Waals surface area contributed by atoms with Crippen LogP contribution in [0.3, 0.4) is 0 Å². The highest BCUT2D eigenvalue weighted by Crippen LogP contribution is 2.63. The van der Waals surface area contributed by atoms with Crippen molar-refractivity contribution in [2.75, 3.05) is 0 Å². The Balaban J connectivity index is 1.80. The van der Waals surface area contributed by atoms with Crippen molar-refractivity contribution in [1.29, 1.82) is 0 Å². The van der Waals surface area contributed by atoms with E-state index in [4.69, 9.17) is 0 Å². The third kappa shape index (κ3) is 4.05. The van der Waals surface area contributed by atoms with Crippen molar-refractivity contribution in [3.05, 3.63) is 0 Å². The lowest BCUT2D eigenvalue weighted by atomic mass is 9.57. The SMILES string of the molecule is CC(C)NC1CC(C)(C)C2CC(C)(O)CCC12CCC(=O)NC1CC1. The molecule has 0 heterocycles. The largest absolute Gasteiger partial charge is 0.390 e. The number of hydrogen-bond donors (Lipinski definition) is 3. The number of rotatable bonds is 6. The third-order valence-corrected chi connectivity index (χ3v) is 7.13. The summed E-state index contributed by atoms with van der Waals surface area (Å²) in [6, 6.07) is 1.33. The van der Waals surface area contributed by atoms with Crippen LogP contribution in [0.1, 0.15) is 86.0 Å². The second-order valence-electron chi connectivity index (χ2n) is 10.4. The Morgan fingerprint density at radius 2 is 1.84 bits per heavy atom. The van der Waals surface area contributed by atoms with Crippen LogP contribution in [0.2, 0.25) is 0 Å². The van der Waals surface area contributed by atoms with E-state index in [0.717, 1.165) is 44.9 Å². The number of carbonyl (C=O) groups excluding carboxylic acids is 1. The fourth-order valence-electron chi connectivity index (χ4n) is 5.74. The van der Waals surface area contributed by atoms with Crippen LogP contribution in [-0.4, -0.2) is 34.7 Å². The van der Waals surface area contributed by atoms with Gasteiger partial charge in [-0.15, -0.1) is 0 Å². The van der Waals surface area contributed by atoms with Crippen molar-refractivity contribution >= 4 is 5.91 Å². The zero-order valence-corrected chi connectivity index (χ0v) is 16.8. The van der Waals surface area contributed by atoms with Crippen LogP contribution in [0.4, 0.5) is 0 Å². The first-order valence-electron chi connectivity index (χ1n) is 10.3. The smallest absolute Gasteiger partial charge is 0.220 e. The van der Waals surface area contributed by atoms with Crippen LogP contribution in [0.25, 0.3) is 0 Å². The Kier molecular flexibility index (Phi) is 5.00. The highest BCUT2D eigenvalue weighted by atomic mass is 16.3. The molecule has 4 unspecified atom stereocenters. The lowest BCUT2D eigenvalue weighted by molar-refractivity contribution is -0.123. The van der Waals surface area contributed by atoms with Gasteiger partial charge in [-0.05, 0) is 68.6 Å². The van der Waals surface area contributed by atoms with Gasteiger partial charge < -0.3 is 15.7 Å². The fraction of sp³-hybridized carbons (Fsp3) is 0.952. The molecule has 0 spiro atoms. The normalized spacial score (nSPS) is 40.1. The lowest BCUT2D eigenvalue weighted by Gasteiger charge is -2.51. The van der Waals surface area contributed by atoms with Gasteiger partial charge in [0.1, 0.15) is 0 Å². The average Bonchev–Trinajstić information content (AvgIpc) is 3.25. The lowest BCUT2D eigenvalue weighted by Crippen LogP contribution is -2.52. The fourth-order valence-corrected chi connectivity index (χ4v) is 5.74. The molecule has 4 heteroatoms. The number of carbonyl (C=O) groups is 1. The summed E-state index contributed by atoms with van der Waals surface area (Å²) in [5, 5.41) is 17.7. The second-order valence-corrected chi connectivity index (χ2v) is 10.4. The van der Waals surface area contributed by atoms with Gasteiger partial charge in [-0.1, -0.05) is 27.7 Å². The van der Waals surface area contributed by atoms with Gasteiger partial charge >= 0.3 is 0 Å². The van der Waals surface area contributed by atoms with Gasteiger partial charge in [0, 0.05) is 24.5 Å². The summed E-state index contributed by atoms with van der Waals surface area (Å²) in [5.41, 5.74) is -0.227. The molecule has 3 aliphatic rings. The van der Waals surface area contributed by atoms with Crippen LogP contribution < -0.4 is 10.6 Å². The Labute approximate surface area is 153 Å². The monoisotopic (exact) mass is 350 g/mol. The zero-order valence-electron chi connectivity index (χ0n) is 16.8. The minimum Gasteiger partial charge on any atom is -0.390 e. The molecule has 0 aromatic rings. The third-order valence-electron chi connectivity index (χ3n) is 7.13. The van der Waals surface area contributed by atoms with E-state index in [1.165, 1.54) is 0 Å². The van der Waals surface area contributed by atoms with E-state index in [2.05, 4.69) is 38.3 Å². The molecular formula is C21H38N2O2. The van der Waals surface area contributed by atoms with Crippen molar-refractivity contribution in [2.45, 2.75) is 110 Å². The molecule has 144 valence electrons. The van der Waals surface area contributed by atoms with Gasteiger partial charge in [0.2, 0.25) is 5.91 Å². The minimum atomic E-state index is -0.561. The predicted molar refractivity (Wildman–Crippen MR) is 101 cm³/mol. The molecule has 4 atom stereocenters. The number of hydrogen-bond acceptors (Lipinski definition) is 3. The van der Waals surface area contributed by atoms with Crippen LogP contribution in [0.5, 0.6) is 0 Å². The number of aliphatic hydroxyl groups is 1. The first-order chi connectivity index (χ1) is 11.5. The van der Waals surface area contributed by atoms with E-state index < -0.39 is 5.60 Å². The van der Waals surface area contributed by atoms with Gasteiger partial charge in [0.15, 0.2) is 0 Å². The Morgan fingerprint density at radius 3 is 2.44 bits per heavy atom. The van der Waals surface area contributed by atoms with E-state index in [9.17, 15) is 9.90 Å². The summed E-state index contributed by atoms with van der Waals surface area (Å²) in [6.45, 7) is 11.1. The van der Waals surface area contributed by atoms with E-state index in [1.54, 1.807) is 0 Å². The molecule has 3 saturated carbocycles. The summed E-state index contributed by atoms with van der Waals surface area (Å²) in [5.74, 6) is 0.690. The molecule has 1 amide bonds. The maximum absolute atomic E-state index is 12.4. The molecule has 0 saturated heterocycles. The molecule has 0 bridgehead atoms. The number of nitrogens with one attached hydrogen (secondary N) is 2. The Bertz CT molecular complexity index is 510. The van der Waals surface area contributed by atoms with Gasteiger partial charge in [0.25, 0.3) is 0 Å². The zero-order chi connectivity index (χ0) is 18.5.